The van der Waals surface area contributed by atoms with E-state index in [0.717, 1.165) is 16.6 Å². The van der Waals surface area contributed by atoms with Crippen LogP contribution in [0.5, 0.6) is 11.5 Å². The van der Waals surface area contributed by atoms with E-state index in [1.54, 1.807) is 6.07 Å². The summed E-state index contributed by atoms with van der Waals surface area (Å²) in [6.45, 7) is 3.90. The molecule has 0 fully saturated rings. The molecule has 31 heavy (non-hydrogen) atoms. The molecule has 1 aromatic heterocycles. The maximum atomic E-state index is 12.8. The van der Waals surface area contributed by atoms with Gasteiger partial charge in [-0.15, -0.1) is 0 Å². The highest BCUT2D eigenvalue weighted by Gasteiger charge is 2.16. The number of thiocarbonyl (C=S) groups is 1. The van der Waals surface area contributed by atoms with Crippen LogP contribution in [0.15, 0.2) is 47.3 Å². The van der Waals surface area contributed by atoms with E-state index in [1.807, 2.05) is 48.2 Å². The molecule has 1 aliphatic heterocycles. The summed E-state index contributed by atoms with van der Waals surface area (Å²) in [5, 5.41) is 13.9. The summed E-state index contributed by atoms with van der Waals surface area (Å²) in [7, 11) is 0. The number of nitrogens with one attached hydrogen (secondary N) is 2. The van der Waals surface area contributed by atoms with Crippen molar-refractivity contribution in [2.24, 2.45) is 0 Å². The number of nitrogens with zero attached hydrogens (tertiary/aromatic N) is 1. The van der Waals surface area contributed by atoms with Gasteiger partial charge >= 0.3 is 0 Å². The van der Waals surface area contributed by atoms with Crippen LogP contribution in [0.2, 0.25) is 0 Å². The summed E-state index contributed by atoms with van der Waals surface area (Å²) in [5.41, 5.74) is 3.13. The number of rotatable bonds is 6. The number of benzene rings is 2. The maximum Gasteiger partial charge on any atom is 0.253 e. The number of hydrogen-bond acceptors (Lipinski definition) is 5. The Balaban J connectivity index is 1.59. The monoisotopic (exact) mass is 439 g/mol. The van der Waals surface area contributed by atoms with Crippen molar-refractivity contribution in [3.63, 3.8) is 0 Å². The first-order chi connectivity index (χ1) is 15.0. The van der Waals surface area contributed by atoms with Crippen molar-refractivity contribution in [2.45, 2.75) is 19.9 Å². The van der Waals surface area contributed by atoms with Gasteiger partial charge in [0.15, 0.2) is 16.6 Å². The Morgan fingerprint density at radius 1 is 1.16 bits per heavy atom. The highest BCUT2D eigenvalue weighted by molar-refractivity contribution is 7.80. The molecule has 0 radical (unpaired) electrons. The van der Waals surface area contributed by atoms with E-state index in [0.29, 0.717) is 60.4 Å². The molecule has 0 bridgehead atoms. The predicted octanol–water partition coefficient (Wildman–Crippen LogP) is 3.19. The first-order valence-corrected chi connectivity index (χ1v) is 10.6. The van der Waals surface area contributed by atoms with Crippen molar-refractivity contribution in [1.29, 1.82) is 0 Å². The Morgan fingerprint density at radius 2 is 1.87 bits per heavy atom. The van der Waals surface area contributed by atoms with E-state index < -0.39 is 0 Å². The number of aliphatic hydroxyl groups is 1. The van der Waals surface area contributed by atoms with Crippen molar-refractivity contribution >= 4 is 33.9 Å². The first kappa shape index (κ1) is 21.1. The SMILES string of the molecule is Cc1ccc(NC(=S)N(CCCO)Cc2cc3cc4c(cc3[nH]c2=O)OCCO4)cc1. The summed E-state index contributed by atoms with van der Waals surface area (Å²) in [6.07, 6.45) is 0.542. The third-order valence-electron chi connectivity index (χ3n) is 5.12. The van der Waals surface area contributed by atoms with Crippen LogP contribution in [-0.2, 0) is 6.54 Å². The number of anilines is 1. The van der Waals surface area contributed by atoms with Crippen molar-refractivity contribution in [2.75, 3.05) is 31.7 Å². The quantitative estimate of drug-likeness (QED) is 0.509. The van der Waals surface area contributed by atoms with Crippen LogP contribution in [0.4, 0.5) is 5.69 Å². The topological polar surface area (TPSA) is 86.8 Å². The van der Waals surface area contributed by atoms with Gasteiger partial charge in [-0.3, -0.25) is 4.79 Å². The minimum Gasteiger partial charge on any atom is -0.486 e. The summed E-state index contributed by atoms with van der Waals surface area (Å²) in [5.74, 6) is 1.31. The van der Waals surface area contributed by atoms with Crippen molar-refractivity contribution in [3.05, 3.63) is 63.9 Å². The number of aromatic nitrogens is 1. The molecular formula is C23H25N3O4S. The molecule has 3 N–H and O–H groups in total. The number of aromatic amines is 1. The largest absolute Gasteiger partial charge is 0.486 e. The molecule has 8 heteroatoms. The predicted molar refractivity (Wildman–Crippen MR) is 125 cm³/mol. The smallest absolute Gasteiger partial charge is 0.253 e. The lowest BCUT2D eigenvalue weighted by molar-refractivity contribution is 0.172. The number of pyridine rings is 1. The van der Waals surface area contributed by atoms with Gasteiger partial charge in [0.1, 0.15) is 13.2 Å². The van der Waals surface area contributed by atoms with Crippen LogP contribution < -0.4 is 20.3 Å². The average Bonchev–Trinajstić information content (AvgIpc) is 2.77. The van der Waals surface area contributed by atoms with Gasteiger partial charge < -0.3 is 29.8 Å². The number of fused-ring (bicyclic) bond motifs is 2. The molecular weight excluding hydrogens is 414 g/mol. The second kappa shape index (κ2) is 9.36. The molecule has 0 saturated heterocycles. The highest BCUT2D eigenvalue weighted by atomic mass is 32.1. The number of hydrogen-bond donors (Lipinski definition) is 3. The van der Waals surface area contributed by atoms with Crippen LogP contribution in [0.25, 0.3) is 10.9 Å². The molecule has 1 aliphatic rings. The Morgan fingerprint density at radius 3 is 2.58 bits per heavy atom. The molecule has 0 saturated carbocycles. The van der Waals surface area contributed by atoms with Crippen LogP contribution >= 0.6 is 12.2 Å². The molecule has 4 rings (SSSR count). The van der Waals surface area contributed by atoms with E-state index in [9.17, 15) is 9.90 Å². The van der Waals surface area contributed by atoms with Crippen molar-refractivity contribution in [3.8, 4) is 11.5 Å². The third-order valence-corrected chi connectivity index (χ3v) is 5.48. The Labute approximate surface area is 185 Å². The second-order valence-electron chi connectivity index (χ2n) is 7.50. The van der Waals surface area contributed by atoms with E-state index in [2.05, 4.69) is 10.3 Å². The van der Waals surface area contributed by atoms with Gasteiger partial charge in [0.2, 0.25) is 0 Å². The standard InChI is InChI=1S/C23H25N3O4S/c1-15-3-5-18(6-4-15)24-23(31)26(7-2-8-27)14-17-11-16-12-20-21(30-10-9-29-20)13-19(16)25-22(17)28/h3-6,11-13,27H,2,7-10,14H2,1H3,(H,24,31)(H,25,28). The summed E-state index contributed by atoms with van der Waals surface area (Å²) in [4.78, 5) is 17.6. The molecule has 3 aromatic rings. The van der Waals surface area contributed by atoms with Gasteiger partial charge in [0, 0.05) is 35.9 Å². The molecule has 0 amide bonds. The molecule has 2 heterocycles. The number of ether oxygens (including phenoxy) is 2. The van der Waals surface area contributed by atoms with Gasteiger partial charge in [-0.25, -0.2) is 0 Å². The Bertz CT molecular complexity index is 1140. The fourth-order valence-electron chi connectivity index (χ4n) is 3.46. The Kier molecular flexibility index (Phi) is 6.39. The molecule has 0 atom stereocenters. The summed E-state index contributed by atoms with van der Waals surface area (Å²) in [6, 6.07) is 13.5. The third kappa shape index (κ3) is 4.98. The lowest BCUT2D eigenvalue weighted by Gasteiger charge is -2.26. The van der Waals surface area contributed by atoms with E-state index in [-0.39, 0.29) is 12.2 Å². The normalized spacial score (nSPS) is 12.6. The zero-order valence-electron chi connectivity index (χ0n) is 17.3. The molecule has 0 unspecified atom stereocenters. The Hall–Kier alpha value is -3.10. The minimum absolute atomic E-state index is 0.0429. The van der Waals surface area contributed by atoms with Crippen molar-refractivity contribution < 1.29 is 14.6 Å². The van der Waals surface area contributed by atoms with E-state index in [4.69, 9.17) is 21.7 Å². The van der Waals surface area contributed by atoms with Gasteiger partial charge in [0.25, 0.3) is 5.56 Å². The summed E-state index contributed by atoms with van der Waals surface area (Å²) >= 11 is 5.61. The van der Waals surface area contributed by atoms with Crippen molar-refractivity contribution in [1.82, 2.24) is 9.88 Å². The van der Waals surface area contributed by atoms with Crippen LogP contribution in [0.3, 0.4) is 0 Å². The van der Waals surface area contributed by atoms with Crippen LogP contribution in [0.1, 0.15) is 17.5 Å². The van der Waals surface area contributed by atoms with E-state index in [1.165, 1.54) is 0 Å². The van der Waals surface area contributed by atoms with Gasteiger partial charge in [0.05, 0.1) is 12.1 Å². The highest BCUT2D eigenvalue weighted by Crippen LogP contribution is 2.33. The number of H-pyrrole nitrogens is 1. The molecule has 0 spiro atoms. The zero-order chi connectivity index (χ0) is 21.8. The number of aliphatic hydroxyl groups excluding tert-OH is 1. The average molecular weight is 440 g/mol. The van der Waals surface area contributed by atoms with Crippen LogP contribution in [-0.4, -0.2) is 46.5 Å². The maximum absolute atomic E-state index is 12.8. The molecule has 7 nitrogen and oxygen atoms in total. The fraction of sp³-hybridized carbons (Fsp3) is 0.304. The molecule has 2 aromatic carbocycles. The van der Waals surface area contributed by atoms with Gasteiger partial charge in [-0.1, -0.05) is 17.7 Å². The fourth-order valence-corrected chi connectivity index (χ4v) is 3.74. The second-order valence-corrected chi connectivity index (χ2v) is 7.89. The van der Waals surface area contributed by atoms with Crippen LogP contribution in [0, 0.1) is 6.92 Å². The lowest BCUT2D eigenvalue weighted by Crippen LogP contribution is -2.37. The minimum atomic E-state index is -0.184. The van der Waals surface area contributed by atoms with Gasteiger partial charge in [-0.2, -0.15) is 0 Å². The molecule has 0 aliphatic carbocycles. The van der Waals surface area contributed by atoms with Gasteiger partial charge in [-0.05, 0) is 49.8 Å². The number of aryl methyl sites for hydroxylation is 1. The lowest BCUT2D eigenvalue weighted by atomic mass is 10.1. The van der Waals surface area contributed by atoms with E-state index >= 15 is 0 Å². The zero-order valence-corrected chi connectivity index (χ0v) is 18.1. The summed E-state index contributed by atoms with van der Waals surface area (Å²) < 4.78 is 11.3. The molecule has 162 valence electrons. The first-order valence-electron chi connectivity index (χ1n) is 10.2.